The van der Waals surface area contributed by atoms with E-state index in [-0.39, 0.29) is 5.82 Å². The van der Waals surface area contributed by atoms with E-state index >= 15 is 0 Å². The van der Waals surface area contributed by atoms with Crippen molar-refractivity contribution in [2.45, 2.75) is 32.4 Å². The summed E-state index contributed by atoms with van der Waals surface area (Å²) < 4.78 is 13.2. The van der Waals surface area contributed by atoms with Gasteiger partial charge in [0.2, 0.25) is 0 Å². The highest BCUT2D eigenvalue weighted by Crippen LogP contribution is 2.25. The summed E-state index contributed by atoms with van der Waals surface area (Å²) in [7, 11) is 0. The molecule has 98 valence electrons. The van der Waals surface area contributed by atoms with Crippen LogP contribution < -0.4 is 5.32 Å². The molecule has 0 amide bonds. The van der Waals surface area contributed by atoms with Crippen LogP contribution in [0, 0.1) is 12.7 Å². The normalized spacial score (nSPS) is 14.6. The van der Waals surface area contributed by atoms with Crippen molar-refractivity contribution in [3.63, 3.8) is 0 Å². The Kier molecular flexibility index (Phi) is 3.30. The van der Waals surface area contributed by atoms with Gasteiger partial charge in [-0.1, -0.05) is 18.2 Å². The van der Waals surface area contributed by atoms with Crippen molar-refractivity contribution < 1.29 is 4.39 Å². The molecule has 0 spiro atoms. The van der Waals surface area contributed by atoms with Crippen molar-refractivity contribution in [3.05, 3.63) is 53.6 Å². The monoisotopic (exact) mass is 256 g/mol. The van der Waals surface area contributed by atoms with E-state index in [0.29, 0.717) is 6.04 Å². The van der Waals surface area contributed by atoms with Gasteiger partial charge in [-0.3, -0.25) is 4.98 Å². The van der Waals surface area contributed by atoms with Crippen molar-refractivity contribution in [1.29, 1.82) is 0 Å². The second kappa shape index (κ2) is 5.10. The Balaban J connectivity index is 1.82. The quantitative estimate of drug-likeness (QED) is 0.906. The fraction of sp³-hybridized carbons (Fsp3) is 0.312. The van der Waals surface area contributed by atoms with Gasteiger partial charge >= 0.3 is 0 Å². The van der Waals surface area contributed by atoms with Crippen LogP contribution in [-0.4, -0.2) is 11.0 Å². The van der Waals surface area contributed by atoms with Gasteiger partial charge in [-0.05, 0) is 42.5 Å². The summed E-state index contributed by atoms with van der Waals surface area (Å²) in [5.74, 6) is -0.295. The first-order chi connectivity index (χ1) is 9.22. The third-order valence-electron chi connectivity index (χ3n) is 3.48. The number of rotatable bonds is 4. The second-order valence-electron chi connectivity index (χ2n) is 5.20. The Morgan fingerprint density at radius 2 is 2.11 bits per heavy atom. The number of nitrogens with zero attached hydrogens (tertiary/aromatic N) is 1. The van der Waals surface area contributed by atoms with Crippen LogP contribution in [0.3, 0.4) is 0 Å². The summed E-state index contributed by atoms with van der Waals surface area (Å²) in [5.41, 5.74) is 4.31. The van der Waals surface area contributed by atoms with Crippen molar-refractivity contribution in [2.24, 2.45) is 0 Å². The molecule has 1 fully saturated rings. The van der Waals surface area contributed by atoms with Crippen LogP contribution in [0.2, 0.25) is 0 Å². The molecular formula is C16H17FN2. The van der Waals surface area contributed by atoms with Gasteiger partial charge in [0.05, 0.1) is 6.20 Å². The van der Waals surface area contributed by atoms with E-state index in [1.54, 1.807) is 6.20 Å². The maximum absolute atomic E-state index is 13.2. The Morgan fingerprint density at radius 1 is 1.26 bits per heavy atom. The summed E-state index contributed by atoms with van der Waals surface area (Å²) in [5, 5.41) is 3.50. The van der Waals surface area contributed by atoms with Crippen LogP contribution in [0.25, 0.3) is 11.1 Å². The number of benzene rings is 1. The van der Waals surface area contributed by atoms with E-state index in [0.717, 1.165) is 23.2 Å². The molecule has 0 aliphatic heterocycles. The number of aromatic nitrogens is 1. The first-order valence-electron chi connectivity index (χ1n) is 6.66. The van der Waals surface area contributed by atoms with Gasteiger partial charge in [-0.25, -0.2) is 4.39 Å². The summed E-state index contributed by atoms with van der Waals surface area (Å²) in [6.45, 7) is 2.97. The maximum atomic E-state index is 13.2. The predicted molar refractivity (Wildman–Crippen MR) is 74.2 cm³/mol. The number of nitrogens with one attached hydrogen (secondary N) is 1. The van der Waals surface area contributed by atoms with Crippen LogP contribution in [0.5, 0.6) is 0 Å². The van der Waals surface area contributed by atoms with E-state index in [1.807, 2.05) is 0 Å². The van der Waals surface area contributed by atoms with Crippen LogP contribution in [0.1, 0.15) is 24.0 Å². The van der Waals surface area contributed by atoms with Crippen LogP contribution >= 0.6 is 0 Å². The summed E-state index contributed by atoms with van der Waals surface area (Å²) in [6, 6.07) is 8.55. The standard InChI is InChI=1S/C16H17FN2/c1-11-6-12(8-19-15-3-4-15)2-5-16(11)13-7-14(17)10-18-9-13/h2,5-7,9-10,15,19H,3-4,8H2,1H3. The minimum atomic E-state index is -0.295. The van der Waals surface area contributed by atoms with Gasteiger partial charge in [0.25, 0.3) is 0 Å². The first kappa shape index (κ1) is 12.3. The molecule has 1 aliphatic carbocycles. The molecule has 19 heavy (non-hydrogen) atoms. The Morgan fingerprint density at radius 3 is 2.79 bits per heavy atom. The van der Waals surface area contributed by atoms with Crippen molar-refractivity contribution >= 4 is 0 Å². The predicted octanol–water partition coefficient (Wildman–Crippen LogP) is 3.45. The van der Waals surface area contributed by atoms with Crippen LogP contribution in [0.4, 0.5) is 4.39 Å². The van der Waals surface area contributed by atoms with Crippen molar-refractivity contribution in [1.82, 2.24) is 10.3 Å². The Labute approximate surface area is 112 Å². The number of hydrogen-bond donors (Lipinski definition) is 1. The lowest BCUT2D eigenvalue weighted by Crippen LogP contribution is -2.15. The van der Waals surface area contributed by atoms with E-state index < -0.39 is 0 Å². The molecule has 1 heterocycles. The molecule has 1 saturated carbocycles. The molecule has 0 radical (unpaired) electrons. The fourth-order valence-electron chi connectivity index (χ4n) is 2.27. The molecule has 1 aromatic heterocycles. The molecule has 2 aromatic rings. The molecule has 1 aliphatic rings. The molecule has 2 nitrogen and oxygen atoms in total. The minimum absolute atomic E-state index is 0.295. The molecule has 3 rings (SSSR count). The molecule has 0 bridgehead atoms. The topological polar surface area (TPSA) is 24.9 Å². The molecule has 1 aromatic carbocycles. The smallest absolute Gasteiger partial charge is 0.142 e. The van der Waals surface area contributed by atoms with Crippen molar-refractivity contribution in [2.75, 3.05) is 0 Å². The lowest BCUT2D eigenvalue weighted by atomic mass is 9.99. The Hall–Kier alpha value is -1.74. The van der Waals surface area contributed by atoms with Crippen molar-refractivity contribution in [3.8, 4) is 11.1 Å². The third kappa shape index (κ3) is 2.99. The highest BCUT2D eigenvalue weighted by molar-refractivity contribution is 5.66. The highest BCUT2D eigenvalue weighted by Gasteiger charge is 2.19. The molecule has 3 heteroatoms. The first-order valence-corrected chi connectivity index (χ1v) is 6.66. The fourth-order valence-corrected chi connectivity index (χ4v) is 2.27. The zero-order chi connectivity index (χ0) is 13.2. The molecule has 0 unspecified atom stereocenters. The highest BCUT2D eigenvalue weighted by atomic mass is 19.1. The van der Waals surface area contributed by atoms with Crippen LogP contribution in [0.15, 0.2) is 36.7 Å². The molecule has 1 N–H and O–H groups in total. The number of halogens is 1. The molecular weight excluding hydrogens is 239 g/mol. The average Bonchev–Trinajstić information content (AvgIpc) is 3.20. The van der Waals surface area contributed by atoms with E-state index in [4.69, 9.17) is 0 Å². The largest absolute Gasteiger partial charge is 0.310 e. The van der Waals surface area contributed by atoms with E-state index in [9.17, 15) is 4.39 Å². The third-order valence-corrected chi connectivity index (χ3v) is 3.48. The molecule has 0 atom stereocenters. The SMILES string of the molecule is Cc1cc(CNC2CC2)ccc1-c1cncc(F)c1. The maximum Gasteiger partial charge on any atom is 0.142 e. The average molecular weight is 256 g/mol. The second-order valence-corrected chi connectivity index (χ2v) is 5.20. The van der Waals surface area contributed by atoms with E-state index in [1.165, 1.54) is 30.7 Å². The lowest BCUT2D eigenvalue weighted by molar-refractivity contribution is 0.622. The van der Waals surface area contributed by atoms with Gasteiger partial charge in [-0.15, -0.1) is 0 Å². The zero-order valence-electron chi connectivity index (χ0n) is 11.0. The summed E-state index contributed by atoms with van der Waals surface area (Å²) >= 11 is 0. The van der Waals surface area contributed by atoms with Gasteiger partial charge in [-0.2, -0.15) is 0 Å². The van der Waals surface area contributed by atoms with Crippen LogP contribution in [-0.2, 0) is 6.54 Å². The molecule has 0 saturated heterocycles. The Bertz CT molecular complexity index is 591. The minimum Gasteiger partial charge on any atom is -0.310 e. The van der Waals surface area contributed by atoms with Gasteiger partial charge in [0, 0.05) is 24.3 Å². The summed E-state index contributed by atoms with van der Waals surface area (Å²) in [6.07, 6.45) is 5.53. The van der Waals surface area contributed by atoms with E-state index in [2.05, 4.69) is 35.4 Å². The summed E-state index contributed by atoms with van der Waals surface area (Å²) in [4.78, 5) is 3.90. The lowest BCUT2D eigenvalue weighted by Gasteiger charge is -2.09. The van der Waals surface area contributed by atoms with Gasteiger partial charge < -0.3 is 5.32 Å². The number of pyridine rings is 1. The van der Waals surface area contributed by atoms with Gasteiger partial charge in [0.15, 0.2) is 0 Å². The zero-order valence-corrected chi connectivity index (χ0v) is 11.0. The number of aryl methyl sites for hydroxylation is 1. The number of hydrogen-bond acceptors (Lipinski definition) is 2. The van der Waals surface area contributed by atoms with Gasteiger partial charge in [0.1, 0.15) is 5.82 Å².